The van der Waals surface area contributed by atoms with E-state index in [0.717, 1.165) is 17.0 Å². The molecule has 6 heteroatoms. The van der Waals surface area contributed by atoms with Gasteiger partial charge in [-0.2, -0.15) is 0 Å². The molecule has 1 amide bonds. The zero-order chi connectivity index (χ0) is 21.1. The zero-order valence-electron chi connectivity index (χ0n) is 16.7. The van der Waals surface area contributed by atoms with Crippen molar-refractivity contribution in [2.75, 3.05) is 13.2 Å². The molecular weight excluding hydrogens is 368 g/mol. The van der Waals surface area contributed by atoms with Crippen LogP contribution in [0.3, 0.4) is 0 Å². The van der Waals surface area contributed by atoms with E-state index in [1.807, 2.05) is 30.5 Å². The van der Waals surface area contributed by atoms with Gasteiger partial charge in [-0.15, -0.1) is 6.58 Å². The van der Waals surface area contributed by atoms with Crippen LogP contribution in [0.2, 0.25) is 0 Å². The highest BCUT2D eigenvalue weighted by molar-refractivity contribution is 6.08. The van der Waals surface area contributed by atoms with Crippen LogP contribution in [-0.2, 0) is 16.1 Å². The number of hydrogen-bond donors (Lipinski definition) is 0. The maximum absolute atomic E-state index is 12.5. The molecule has 0 radical (unpaired) electrons. The van der Waals surface area contributed by atoms with E-state index in [1.165, 1.54) is 4.90 Å². The molecule has 0 unspecified atom stereocenters. The van der Waals surface area contributed by atoms with Gasteiger partial charge >= 0.3 is 5.97 Å². The van der Waals surface area contributed by atoms with Crippen molar-refractivity contribution in [3.8, 4) is 0 Å². The van der Waals surface area contributed by atoms with Crippen LogP contribution in [0.15, 0.2) is 49.6 Å². The van der Waals surface area contributed by atoms with Crippen LogP contribution in [0, 0.1) is 13.8 Å². The molecule has 1 aromatic heterocycles. The lowest BCUT2D eigenvalue weighted by Gasteiger charge is -2.16. The summed E-state index contributed by atoms with van der Waals surface area (Å²) in [6.07, 6.45) is 1.75. The van der Waals surface area contributed by atoms with E-state index >= 15 is 0 Å². The van der Waals surface area contributed by atoms with E-state index in [1.54, 1.807) is 24.3 Å². The van der Waals surface area contributed by atoms with Gasteiger partial charge in [0.05, 0.1) is 6.42 Å². The van der Waals surface area contributed by atoms with Crippen molar-refractivity contribution < 1.29 is 19.1 Å². The Morgan fingerprint density at radius 2 is 1.86 bits per heavy atom. The fraction of sp³-hybridized carbons (Fsp3) is 0.261. The minimum Gasteiger partial charge on any atom is -0.457 e. The summed E-state index contributed by atoms with van der Waals surface area (Å²) in [6, 6.07) is 8.99. The normalized spacial score (nSPS) is 12.8. The van der Waals surface area contributed by atoms with E-state index in [-0.39, 0.29) is 31.3 Å². The van der Waals surface area contributed by atoms with Crippen LogP contribution >= 0.6 is 0 Å². The van der Waals surface area contributed by atoms with E-state index in [0.29, 0.717) is 23.4 Å². The van der Waals surface area contributed by atoms with Gasteiger partial charge in [-0.3, -0.25) is 14.4 Å². The summed E-state index contributed by atoms with van der Waals surface area (Å²) in [7, 11) is 0. The molecule has 6 nitrogen and oxygen atoms in total. The summed E-state index contributed by atoms with van der Waals surface area (Å²) >= 11 is 0. The second-order valence-electron chi connectivity index (χ2n) is 6.97. The highest BCUT2D eigenvalue weighted by atomic mass is 16.5. The van der Waals surface area contributed by atoms with Crippen LogP contribution in [0.4, 0.5) is 0 Å². The number of aromatic nitrogens is 1. The van der Waals surface area contributed by atoms with Gasteiger partial charge in [-0.1, -0.05) is 30.9 Å². The summed E-state index contributed by atoms with van der Waals surface area (Å²) in [5.41, 5.74) is 4.23. The molecule has 1 aliphatic heterocycles. The first-order valence-electron chi connectivity index (χ1n) is 9.41. The lowest BCUT2D eigenvalue weighted by atomic mass is 10.1. The number of amides is 1. The van der Waals surface area contributed by atoms with Gasteiger partial charge in [0.1, 0.15) is 0 Å². The Morgan fingerprint density at radius 3 is 2.52 bits per heavy atom. The second-order valence-corrected chi connectivity index (χ2v) is 6.97. The molecular formula is C23H24N2O4. The molecule has 0 bridgehead atoms. The van der Waals surface area contributed by atoms with Crippen LogP contribution in [-0.4, -0.2) is 40.3 Å². The van der Waals surface area contributed by atoms with E-state index < -0.39 is 5.97 Å². The number of carbonyl (C=O) groups excluding carboxylic acids is 3. The zero-order valence-corrected chi connectivity index (χ0v) is 16.7. The molecule has 0 saturated heterocycles. The predicted molar refractivity (Wildman–Crippen MR) is 111 cm³/mol. The molecule has 29 heavy (non-hydrogen) atoms. The van der Waals surface area contributed by atoms with Crippen LogP contribution in [0.1, 0.15) is 44.1 Å². The number of ketones is 1. The maximum Gasteiger partial charge on any atom is 0.308 e. The first-order chi connectivity index (χ1) is 13.8. The number of rotatable bonds is 8. The first kappa shape index (κ1) is 20.3. The van der Waals surface area contributed by atoms with Gasteiger partial charge in [0, 0.05) is 46.9 Å². The minimum absolute atomic E-state index is 0.0124. The molecule has 0 atom stereocenters. The smallest absolute Gasteiger partial charge is 0.308 e. The summed E-state index contributed by atoms with van der Waals surface area (Å²) in [4.78, 5) is 38.5. The monoisotopic (exact) mass is 392 g/mol. The number of allylic oxidation sites excluding steroid dienone is 1. The average Bonchev–Trinajstić information content (AvgIpc) is 3.13. The summed E-state index contributed by atoms with van der Waals surface area (Å²) in [6.45, 7) is 11.9. The first-order valence-corrected chi connectivity index (χ1v) is 9.41. The third kappa shape index (κ3) is 3.92. The number of ether oxygens (including phenoxy) is 1. The molecule has 1 aromatic carbocycles. The summed E-state index contributed by atoms with van der Waals surface area (Å²) in [5, 5.41) is 0. The quantitative estimate of drug-likeness (QED) is 0.392. The predicted octanol–water partition coefficient (Wildman–Crippen LogP) is 3.53. The molecule has 3 rings (SSSR count). The number of aryl methyl sites for hydroxylation is 1. The lowest BCUT2D eigenvalue weighted by Crippen LogP contribution is -2.26. The third-order valence-corrected chi connectivity index (χ3v) is 5.13. The fourth-order valence-electron chi connectivity index (χ4n) is 3.56. The molecule has 0 spiro atoms. The van der Waals surface area contributed by atoms with Gasteiger partial charge in [0.15, 0.2) is 6.61 Å². The third-order valence-electron chi connectivity index (χ3n) is 5.13. The molecule has 2 heterocycles. The van der Waals surface area contributed by atoms with E-state index in [4.69, 9.17) is 4.74 Å². The van der Waals surface area contributed by atoms with Crippen molar-refractivity contribution in [2.45, 2.75) is 26.8 Å². The topological polar surface area (TPSA) is 68.6 Å². The summed E-state index contributed by atoms with van der Waals surface area (Å²) < 4.78 is 7.12. The van der Waals surface area contributed by atoms with Gasteiger partial charge in [-0.25, -0.2) is 0 Å². The number of benzene rings is 1. The van der Waals surface area contributed by atoms with Crippen molar-refractivity contribution in [3.63, 3.8) is 0 Å². The van der Waals surface area contributed by atoms with Gasteiger partial charge in [-0.05, 0) is 26.0 Å². The molecule has 0 N–H and O–H groups in total. The van der Waals surface area contributed by atoms with Crippen molar-refractivity contribution in [1.82, 2.24) is 9.47 Å². The Bertz CT molecular complexity index is 981. The Kier molecular flexibility index (Phi) is 5.82. The molecule has 0 aliphatic carbocycles. The Morgan fingerprint density at radius 1 is 1.17 bits per heavy atom. The van der Waals surface area contributed by atoms with Crippen molar-refractivity contribution >= 4 is 23.4 Å². The highest BCUT2D eigenvalue weighted by Gasteiger charge is 2.30. The highest BCUT2D eigenvalue weighted by Crippen LogP contribution is 2.31. The minimum atomic E-state index is -0.533. The summed E-state index contributed by atoms with van der Waals surface area (Å²) in [5.74, 6) is -0.963. The largest absolute Gasteiger partial charge is 0.457 e. The Balaban J connectivity index is 1.54. The number of Topliss-reactive ketones (excluding diaryl/α,β-unsaturated/α-hetero) is 1. The molecule has 150 valence electrons. The Hall–Kier alpha value is -3.41. The average molecular weight is 392 g/mol. The van der Waals surface area contributed by atoms with Gasteiger partial charge in [0.25, 0.3) is 5.91 Å². The number of nitrogens with zero attached hydrogens (tertiary/aromatic N) is 2. The standard InChI is InChI=1S/C23H24N2O4/c1-5-11-24-15(2)13-20(17(24)4)21(26)14-29-22(27)10-12-25-16(3)18-8-6-7-9-19(18)23(25)28/h5-9,13H,1,3,10-12,14H2,2,4H3. The van der Waals surface area contributed by atoms with Crippen molar-refractivity contribution in [1.29, 1.82) is 0 Å². The Labute approximate surface area is 170 Å². The second kappa shape index (κ2) is 8.31. The van der Waals surface area contributed by atoms with Crippen molar-refractivity contribution in [2.24, 2.45) is 0 Å². The van der Waals surface area contributed by atoms with Gasteiger partial charge < -0.3 is 14.2 Å². The van der Waals surface area contributed by atoms with Crippen molar-refractivity contribution in [3.05, 3.63) is 77.6 Å². The molecule has 0 fully saturated rings. The number of esters is 1. The van der Waals surface area contributed by atoms with E-state index in [2.05, 4.69) is 13.2 Å². The SMILES string of the molecule is C=CCn1c(C)cc(C(=O)COC(=O)CCN2C(=C)c3ccccc3C2=O)c1C. The number of carbonyl (C=O) groups is 3. The fourth-order valence-corrected chi connectivity index (χ4v) is 3.56. The lowest BCUT2D eigenvalue weighted by molar-refractivity contribution is -0.142. The van der Waals surface area contributed by atoms with Gasteiger partial charge in [0.2, 0.25) is 5.78 Å². The number of fused-ring (bicyclic) bond motifs is 1. The van der Waals surface area contributed by atoms with Crippen LogP contribution in [0.5, 0.6) is 0 Å². The van der Waals surface area contributed by atoms with E-state index in [9.17, 15) is 14.4 Å². The van der Waals surface area contributed by atoms with Crippen LogP contribution in [0.25, 0.3) is 5.70 Å². The molecule has 2 aromatic rings. The van der Waals surface area contributed by atoms with Crippen LogP contribution < -0.4 is 0 Å². The maximum atomic E-state index is 12.5. The molecule has 1 aliphatic rings. The number of hydrogen-bond acceptors (Lipinski definition) is 4. The molecule has 0 saturated carbocycles.